The van der Waals surface area contributed by atoms with Crippen molar-refractivity contribution in [3.63, 3.8) is 0 Å². The second-order valence-electron chi connectivity index (χ2n) is 6.24. The molecule has 0 rings (SSSR count). The summed E-state index contributed by atoms with van der Waals surface area (Å²) in [6, 6.07) is 0. The first-order valence-corrected chi connectivity index (χ1v) is 11.0. The van der Waals surface area contributed by atoms with Gasteiger partial charge < -0.3 is 4.74 Å². The zero-order valence-corrected chi connectivity index (χ0v) is 17.9. The molecule has 24 heavy (non-hydrogen) atoms. The molecule has 0 aliphatic rings. The molecule has 0 saturated heterocycles. The Morgan fingerprint density at radius 3 is 1.12 bits per heavy atom. The summed E-state index contributed by atoms with van der Waals surface area (Å²) in [5.41, 5.74) is 0. The Morgan fingerprint density at radius 1 is 0.667 bits per heavy atom. The molecule has 0 atom stereocenters. The maximum Gasteiger partial charge on any atom is 0.474 e. The standard InChI is InChI=1S/C12H27O4P.C6H14O/c1-4-7-10-14-17(13,15-11-8-5-2)16-12-9-6-3;1-5(2)7-6(3)4/h4-12H2,1-3H3;5-6H,1-4H3. The summed E-state index contributed by atoms with van der Waals surface area (Å²) in [4.78, 5) is 0. The van der Waals surface area contributed by atoms with Crippen LogP contribution in [0.2, 0.25) is 0 Å². The van der Waals surface area contributed by atoms with E-state index in [1.807, 2.05) is 27.7 Å². The molecular formula is C18H41O5P. The summed E-state index contributed by atoms with van der Waals surface area (Å²) in [5.74, 6) is 0. The molecular weight excluding hydrogens is 327 g/mol. The van der Waals surface area contributed by atoms with Crippen LogP contribution in [-0.2, 0) is 22.9 Å². The predicted octanol–water partition coefficient (Wildman–Crippen LogP) is 6.36. The highest BCUT2D eigenvalue weighted by molar-refractivity contribution is 7.48. The van der Waals surface area contributed by atoms with Crippen LogP contribution in [-0.4, -0.2) is 32.0 Å². The third-order valence-corrected chi connectivity index (χ3v) is 4.28. The maximum atomic E-state index is 12.2. The molecule has 0 spiro atoms. The van der Waals surface area contributed by atoms with Crippen molar-refractivity contribution in [1.82, 2.24) is 0 Å². The minimum absolute atomic E-state index is 0.375. The fraction of sp³-hybridized carbons (Fsp3) is 1.00. The second-order valence-corrected chi connectivity index (χ2v) is 7.91. The van der Waals surface area contributed by atoms with Gasteiger partial charge in [0.15, 0.2) is 0 Å². The van der Waals surface area contributed by atoms with E-state index in [4.69, 9.17) is 18.3 Å². The highest BCUT2D eigenvalue weighted by atomic mass is 31.2. The fourth-order valence-electron chi connectivity index (χ4n) is 1.62. The number of hydrogen-bond acceptors (Lipinski definition) is 5. The minimum atomic E-state index is -3.31. The number of ether oxygens (including phenoxy) is 1. The molecule has 0 bridgehead atoms. The highest BCUT2D eigenvalue weighted by Gasteiger charge is 2.25. The third-order valence-electron chi connectivity index (χ3n) is 2.79. The molecule has 0 amide bonds. The quantitative estimate of drug-likeness (QED) is 0.263. The van der Waals surface area contributed by atoms with Gasteiger partial charge in [0.1, 0.15) is 0 Å². The van der Waals surface area contributed by atoms with Crippen LogP contribution in [0.1, 0.15) is 87.0 Å². The lowest BCUT2D eigenvalue weighted by Crippen LogP contribution is -2.09. The lowest BCUT2D eigenvalue weighted by atomic mass is 10.4. The van der Waals surface area contributed by atoms with Crippen LogP contribution in [0.15, 0.2) is 0 Å². The van der Waals surface area contributed by atoms with Crippen molar-refractivity contribution >= 4 is 7.82 Å². The molecule has 0 aromatic heterocycles. The molecule has 0 radical (unpaired) electrons. The van der Waals surface area contributed by atoms with Crippen LogP contribution in [0.5, 0.6) is 0 Å². The zero-order chi connectivity index (χ0) is 18.8. The molecule has 5 nitrogen and oxygen atoms in total. The first-order valence-electron chi connectivity index (χ1n) is 9.50. The average Bonchev–Trinajstić information content (AvgIpc) is 2.47. The van der Waals surface area contributed by atoms with E-state index in [1.54, 1.807) is 0 Å². The van der Waals surface area contributed by atoms with E-state index in [1.165, 1.54) is 0 Å². The second kappa shape index (κ2) is 17.9. The monoisotopic (exact) mass is 368 g/mol. The van der Waals surface area contributed by atoms with Gasteiger partial charge in [0, 0.05) is 0 Å². The fourth-order valence-corrected chi connectivity index (χ4v) is 2.90. The van der Waals surface area contributed by atoms with E-state index in [-0.39, 0.29) is 0 Å². The van der Waals surface area contributed by atoms with Crippen molar-refractivity contribution in [2.75, 3.05) is 19.8 Å². The number of phosphoric ester groups is 1. The lowest BCUT2D eigenvalue weighted by Gasteiger charge is -2.17. The summed E-state index contributed by atoms with van der Waals surface area (Å²) < 4.78 is 33.2. The molecule has 0 aliphatic carbocycles. The van der Waals surface area contributed by atoms with Crippen molar-refractivity contribution in [3.8, 4) is 0 Å². The molecule has 0 aromatic rings. The van der Waals surface area contributed by atoms with Crippen molar-refractivity contribution in [3.05, 3.63) is 0 Å². The number of phosphoric acid groups is 1. The molecule has 0 heterocycles. The van der Waals surface area contributed by atoms with Crippen LogP contribution in [0, 0.1) is 0 Å². The molecule has 148 valence electrons. The van der Waals surface area contributed by atoms with E-state index in [2.05, 4.69) is 20.8 Å². The highest BCUT2D eigenvalue weighted by Crippen LogP contribution is 2.49. The van der Waals surface area contributed by atoms with E-state index >= 15 is 0 Å². The topological polar surface area (TPSA) is 54.0 Å². The smallest absolute Gasteiger partial charge is 0.376 e. The largest absolute Gasteiger partial charge is 0.474 e. The van der Waals surface area contributed by atoms with Gasteiger partial charge in [0.25, 0.3) is 0 Å². The Balaban J connectivity index is 0. The van der Waals surface area contributed by atoms with Crippen LogP contribution in [0.25, 0.3) is 0 Å². The zero-order valence-electron chi connectivity index (χ0n) is 17.0. The van der Waals surface area contributed by atoms with Crippen LogP contribution < -0.4 is 0 Å². The average molecular weight is 368 g/mol. The summed E-state index contributed by atoms with van der Waals surface area (Å²) >= 11 is 0. The molecule has 0 aliphatic heterocycles. The lowest BCUT2D eigenvalue weighted by molar-refractivity contribution is 0.0300. The SMILES string of the molecule is CC(C)OC(C)C.CCCCOP(=O)(OCCCC)OCCCC. The summed E-state index contributed by atoms with van der Waals surface area (Å²) in [6.45, 7) is 15.7. The van der Waals surface area contributed by atoms with Crippen molar-refractivity contribution in [2.24, 2.45) is 0 Å². The van der Waals surface area contributed by atoms with Gasteiger partial charge in [-0.25, -0.2) is 4.57 Å². The maximum absolute atomic E-state index is 12.2. The molecule has 0 fully saturated rings. The van der Waals surface area contributed by atoms with Gasteiger partial charge in [-0.15, -0.1) is 0 Å². The van der Waals surface area contributed by atoms with Crippen molar-refractivity contribution in [2.45, 2.75) is 99.2 Å². The first kappa shape index (κ1) is 26.3. The summed E-state index contributed by atoms with van der Waals surface area (Å²) in [5, 5.41) is 0. The van der Waals surface area contributed by atoms with Gasteiger partial charge in [-0.2, -0.15) is 0 Å². The Labute approximate surface area is 150 Å². The molecule has 6 heteroatoms. The van der Waals surface area contributed by atoms with E-state index in [0.717, 1.165) is 38.5 Å². The van der Waals surface area contributed by atoms with Crippen LogP contribution >= 0.6 is 7.82 Å². The molecule has 0 N–H and O–H groups in total. The minimum Gasteiger partial charge on any atom is -0.376 e. The van der Waals surface area contributed by atoms with Gasteiger partial charge in [0.2, 0.25) is 0 Å². The predicted molar refractivity (Wildman–Crippen MR) is 102 cm³/mol. The van der Waals surface area contributed by atoms with Gasteiger partial charge in [0.05, 0.1) is 32.0 Å². The third kappa shape index (κ3) is 20.1. The van der Waals surface area contributed by atoms with Gasteiger partial charge in [-0.05, 0) is 47.0 Å². The van der Waals surface area contributed by atoms with Crippen molar-refractivity contribution in [1.29, 1.82) is 0 Å². The Hall–Kier alpha value is 0.0700. The first-order chi connectivity index (χ1) is 11.3. The number of rotatable bonds is 14. The van der Waals surface area contributed by atoms with Crippen LogP contribution in [0.4, 0.5) is 0 Å². The normalized spacial score (nSPS) is 11.7. The van der Waals surface area contributed by atoms with E-state index in [0.29, 0.717) is 32.0 Å². The molecule has 0 unspecified atom stereocenters. The number of hydrogen-bond donors (Lipinski definition) is 0. The van der Waals surface area contributed by atoms with Crippen LogP contribution in [0.3, 0.4) is 0 Å². The van der Waals surface area contributed by atoms with Gasteiger partial charge in [-0.1, -0.05) is 40.0 Å². The van der Waals surface area contributed by atoms with Gasteiger partial charge >= 0.3 is 7.82 Å². The summed E-state index contributed by atoms with van der Waals surface area (Å²) in [7, 11) is -3.31. The molecule has 0 aromatic carbocycles. The van der Waals surface area contributed by atoms with Crippen molar-refractivity contribution < 1.29 is 22.9 Å². The Bertz CT molecular complexity index is 256. The Kier molecular flexibility index (Phi) is 19.6. The van der Waals surface area contributed by atoms with E-state index < -0.39 is 7.82 Å². The molecule has 0 saturated carbocycles. The summed E-state index contributed by atoms with van der Waals surface area (Å²) in [6.07, 6.45) is 6.38. The Morgan fingerprint density at radius 2 is 0.958 bits per heavy atom. The van der Waals surface area contributed by atoms with Gasteiger partial charge in [-0.3, -0.25) is 13.6 Å². The van der Waals surface area contributed by atoms with E-state index in [9.17, 15) is 4.57 Å². The number of unbranched alkanes of at least 4 members (excludes halogenated alkanes) is 3.